The third-order valence-electron chi connectivity index (χ3n) is 1.86. The molecule has 3 heteroatoms. The number of terminal acetylenes is 1. The lowest BCUT2D eigenvalue weighted by molar-refractivity contribution is 0.174. The van der Waals surface area contributed by atoms with Gasteiger partial charge in [0, 0.05) is 13.0 Å². The molecule has 1 aromatic heterocycles. The van der Waals surface area contributed by atoms with Crippen LogP contribution in [0.5, 0.6) is 0 Å². The van der Waals surface area contributed by atoms with Gasteiger partial charge < -0.3 is 9.67 Å². The molecule has 1 N–H and O–H groups in total. The van der Waals surface area contributed by atoms with E-state index in [2.05, 4.69) is 17.8 Å². The van der Waals surface area contributed by atoms with Gasteiger partial charge in [0.25, 0.3) is 0 Å². The van der Waals surface area contributed by atoms with Crippen molar-refractivity contribution < 1.29 is 5.11 Å². The largest absolute Gasteiger partial charge is 0.386 e. The first-order chi connectivity index (χ1) is 6.29. The monoisotopic (exact) mass is 178 g/mol. The standard InChI is InChI=1S/C10H14N2O/c1-3-5-10(13)9-7-11-8-12(9)6-4-2/h1,7-8,10,13H,4-6H2,2H3. The van der Waals surface area contributed by atoms with Crippen molar-refractivity contribution in [3.63, 3.8) is 0 Å². The van der Waals surface area contributed by atoms with Gasteiger partial charge in [0.2, 0.25) is 0 Å². The van der Waals surface area contributed by atoms with E-state index in [1.807, 2.05) is 4.57 Å². The van der Waals surface area contributed by atoms with Gasteiger partial charge in [-0.3, -0.25) is 0 Å². The normalized spacial score (nSPS) is 12.4. The lowest BCUT2D eigenvalue weighted by atomic mass is 10.2. The summed E-state index contributed by atoms with van der Waals surface area (Å²) in [6.07, 6.45) is 9.28. The number of aromatic nitrogens is 2. The van der Waals surface area contributed by atoms with E-state index in [-0.39, 0.29) is 0 Å². The molecule has 1 atom stereocenters. The lowest BCUT2D eigenvalue weighted by Gasteiger charge is -2.10. The fraction of sp³-hybridized carbons (Fsp3) is 0.500. The number of hydrogen-bond donors (Lipinski definition) is 1. The Bertz CT molecular complexity index is 298. The Kier molecular flexibility index (Phi) is 3.53. The molecule has 3 nitrogen and oxygen atoms in total. The number of nitrogens with zero attached hydrogens (tertiary/aromatic N) is 2. The molecule has 1 heterocycles. The van der Waals surface area contributed by atoms with Gasteiger partial charge in [0.15, 0.2) is 0 Å². The van der Waals surface area contributed by atoms with Crippen LogP contribution in [0.15, 0.2) is 12.5 Å². The molecule has 0 aromatic carbocycles. The van der Waals surface area contributed by atoms with Gasteiger partial charge in [-0.15, -0.1) is 12.3 Å². The molecule has 0 saturated carbocycles. The fourth-order valence-corrected chi connectivity index (χ4v) is 1.25. The second kappa shape index (κ2) is 4.68. The van der Waals surface area contributed by atoms with Crippen LogP contribution in [0.3, 0.4) is 0 Å². The molecule has 13 heavy (non-hydrogen) atoms. The average molecular weight is 178 g/mol. The van der Waals surface area contributed by atoms with Gasteiger partial charge in [0.05, 0.1) is 18.2 Å². The van der Waals surface area contributed by atoms with E-state index >= 15 is 0 Å². The summed E-state index contributed by atoms with van der Waals surface area (Å²) in [7, 11) is 0. The van der Waals surface area contributed by atoms with Crippen LogP contribution in [0.1, 0.15) is 31.6 Å². The summed E-state index contributed by atoms with van der Waals surface area (Å²) >= 11 is 0. The minimum absolute atomic E-state index is 0.343. The van der Waals surface area contributed by atoms with Gasteiger partial charge in [-0.1, -0.05) is 6.92 Å². The Labute approximate surface area is 78.4 Å². The number of rotatable bonds is 4. The van der Waals surface area contributed by atoms with Crippen LogP contribution in [-0.2, 0) is 6.54 Å². The number of aliphatic hydroxyl groups excluding tert-OH is 1. The van der Waals surface area contributed by atoms with Crippen molar-refractivity contribution in [3.05, 3.63) is 18.2 Å². The predicted octanol–water partition coefficient (Wildman–Crippen LogP) is 1.35. The number of imidazole rings is 1. The Balaban J connectivity index is 2.75. The fourth-order valence-electron chi connectivity index (χ4n) is 1.25. The second-order valence-electron chi connectivity index (χ2n) is 2.94. The number of aliphatic hydroxyl groups is 1. The minimum Gasteiger partial charge on any atom is -0.386 e. The first-order valence-electron chi connectivity index (χ1n) is 4.41. The van der Waals surface area contributed by atoms with Crippen LogP contribution in [0.2, 0.25) is 0 Å². The van der Waals surface area contributed by atoms with E-state index in [1.54, 1.807) is 12.5 Å². The zero-order valence-corrected chi connectivity index (χ0v) is 7.77. The lowest BCUT2D eigenvalue weighted by Crippen LogP contribution is -2.06. The molecule has 0 bridgehead atoms. The van der Waals surface area contributed by atoms with E-state index in [4.69, 9.17) is 6.42 Å². The number of hydrogen-bond acceptors (Lipinski definition) is 2. The zero-order valence-electron chi connectivity index (χ0n) is 7.77. The maximum Gasteiger partial charge on any atom is 0.106 e. The van der Waals surface area contributed by atoms with Crippen LogP contribution in [0, 0.1) is 12.3 Å². The third-order valence-corrected chi connectivity index (χ3v) is 1.86. The Morgan fingerprint density at radius 2 is 2.54 bits per heavy atom. The molecule has 70 valence electrons. The van der Waals surface area contributed by atoms with Crippen molar-refractivity contribution in [1.29, 1.82) is 0 Å². The molecular weight excluding hydrogens is 164 g/mol. The summed E-state index contributed by atoms with van der Waals surface area (Å²) in [5.41, 5.74) is 0.805. The Morgan fingerprint density at radius 3 is 3.15 bits per heavy atom. The molecule has 0 fully saturated rings. The Morgan fingerprint density at radius 1 is 1.77 bits per heavy atom. The molecule has 0 amide bonds. The summed E-state index contributed by atoms with van der Waals surface area (Å²) in [5, 5.41) is 9.61. The molecule has 1 unspecified atom stereocenters. The molecule has 1 aromatic rings. The van der Waals surface area contributed by atoms with E-state index in [9.17, 15) is 5.11 Å². The molecule has 0 aliphatic carbocycles. The smallest absolute Gasteiger partial charge is 0.106 e. The van der Waals surface area contributed by atoms with Gasteiger partial charge >= 0.3 is 0 Å². The second-order valence-corrected chi connectivity index (χ2v) is 2.94. The van der Waals surface area contributed by atoms with Gasteiger partial charge in [-0.25, -0.2) is 4.98 Å². The molecule has 0 aliphatic rings. The quantitative estimate of drug-likeness (QED) is 0.707. The summed E-state index contributed by atoms with van der Waals surface area (Å²) in [5.74, 6) is 2.43. The van der Waals surface area contributed by atoms with Gasteiger partial charge in [-0.2, -0.15) is 0 Å². The maximum absolute atomic E-state index is 9.61. The molecule has 0 aliphatic heterocycles. The highest BCUT2D eigenvalue weighted by atomic mass is 16.3. The van der Waals surface area contributed by atoms with E-state index in [0.717, 1.165) is 18.7 Å². The predicted molar refractivity (Wildman–Crippen MR) is 50.9 cm³/mol. The summed E-state index contributed by atoms with van der Waals surface area (Å²) in [4.78, 5) is 3.98. The van der Waals surface area contributed by atoms with E-state index in [1.165, 1.54) is 0 Å². The van der Waals surface area contributed by atoms with Crippen LogP contribution in [-0.4, -0.2) is 14.7 Å². The van der Waals surface area contributed by atoms with Crippen molar-refractivity contribution in [1.82, 2.24) is 9.55 Å². The van der Waals surface area contributed by atoms with Gasteiger partial charge in [0.1, 0.15) is 6.10 Å². The zero-order chi connectivity index (χ0) is 9.68. The summed E-state index contributed by atoms with van der Waals surface area (Å²) < 4.78 is 1.93. The van der Waals surface area contributed by atoms with Gasteiger partial charge in [-0.05, 0) is 6.42 Å². The Hall–Kier alpha value is -1.27. The maximum atomic E-state index is 9.61. The van der Waals surface area contributed by atoms with Crippen LogP contribution < -0.4 is 0 Å². The van der Waals surface area contributed by atoms with Crippen molar-refractivity contribution in [3.8, 4) is 12.3 Å². The van der Waals surface area contributed by atoms with Crippen molar-refractivity contribution >= 4 is 0 Å². The highest BCUT2D eigenvalue weighted by Gasteiger charge is 2.10. The number of aryl methyl sites for hydroxylation is 1. The first-order valence-corrected chi connectivity index (χ1v) is 4.41. The highest BCUT2D eigenvalue weighted by Crippen LogP contribution is 2.15. The topological polar surface area (TPSA) is 38.1 Å². The van der Waals surface area contributed by atoms with Crippen LogP contribution >= 0.6 is 0 Å². The molecular formula is C10H14N2O. The van der Waals surface area contributed by atoms with Crippen LogP contribution in [0.25, 0.3) is 0 Å². The van der Waals surface area contributed by atoms with Crippen molar-refractivity contribution in [2.24, 2.45) is 0 Å². The first kappa shape index (κ1) is 9.82. The average Bonchev–Trinajstić information content (AvgIpc) is 2.54. The molecule has 1 rings (SSSR count). The highest BCUT2D eigenvalue weighted by molar-refractivity contribution is 5.06. The van der Waals surface area contributed by atoms with Crippen molar-refractivity contribution in [2.75, 3.05) is 0 Å². The summed E-state index contributed by atoms with van der Waals surface area (Å²) in [6, 6.07) is 0. The molecule has 0 saturated heterocycles. The third kappa shape index (κ3) is 2.33. The molecule has 0 radical (unpaired) electrons. The minimum atomic E-state index is -0.584. The van der Waals surface area contributed by atoms with Crippen LogP contribution in [0.4, 0.5) is 0 Å². The SMILES string of the molecule is C#CCC(O)c1cncn1CCC. The van der Waals surface area contributed by atoms with E-state index < -0.39 is 6.10 Å². The summed E-state index contributed by atoms with van der Waals surface area (Å²) in [6.45, 7) is 2.95. The van der Waals surface area contributed by atoms with E-state index in [0.29, 0.717) is 6.42 Å². The van der Waals surface area contributed by atoms with Crippen molar-refractivity contribution in [2.45, 2.75) is 32.4 Å². The molecule has 0 spiro atoms.